The summed E-state index contributed by atoms with van der Waals surface area (Å²) < 4.78 is 3.04. The summed E-state index contributed by atoms with van der Waals surface area (Å²) in [6.45, 7) is 0.988. The van der Waals surface area contributed by atoms with E-state index >= 15 is 0 Å². The quantitative estimate of drug-likeness (QED) is 0.562. The van der Waals surface area contributed by atoms with Crippen LogP contribution >= 0.6 is 11.3 Å². The maximum Gasteiger partial charge on any atom is 0.163 e. The van der Waals surface area contributed by atoms with E-state index in [1.807, 2.05) is 19.3 Å². The van der Waals surface area contributed by atoms with Crippen LogP contribution in [0.15, 0.2) is 36.8 Å². The number of fused-ring (bicyclic) bond motifs is 2. The summed E-state index contributed by atoms with van der Waals surface area (Å²) in [5.41, 5.74) is 1.95. The molecule has 24 heavy (non-hydrogen) atoms. The minimum atomic E-state index is 0.278. The fourth-order valence-corrected chi connectivity index (χ4v) is 4.60. The monoisotopic (exact) mass is 336 g/mol. The summed E-state index contributed by atoms with van der Waals surface area (Å²) in [5.74, 6) is 0.967. The summed E-state index contributed by atoms with van der Waals surface area (Å²) in [4.78, 5) is 16.2. The SMILES string of the molecule is Cn1ncc2c(N3CCC[C@@H]3c3nc4ccccc4s3)ncnc21. The first-order valence-electron chi connectivity index (χ1n) is 8.06. The second-order valence-electron chi connectivity index (χ2n) is 6.07. The van der Waals surface area contributed by atoms with Crippen molar-refractivity contribution >= 4 is 38.4 Å². The lowest BCUT2D eigenvalue weighted by molar-refractivity contribution is 0.708. The molecule has 120 valence electrons. The van der Waals surface area contributed by atoms with Gasteiger partial charge in [-0.25, -0.2) is 15.0 Å². The molecule has 0 bridgehead atoms. The second kappa shape index (κ2) is 5.24. The largest absolute Gasteiger partial charge is 0.346 e. The number of benzene rings is 1. The molecule has 1 saturated heterocycles. The van der Waals surface area contributed by atoms with Crippen LogP contribution in [0.1, 0.15) is 23.9 Å². The summed E-state index contributed by atoms with van der Waals surface area (Å²) >= 11 is 1.79. The van der Waals surface area contributed by atoms with Gasteiger partial charge in [0.05, 0.1) is 27.8 Å². The predicted molar refractivity (Wildman–Crippen MR) is 95.2 cm³/mol. The van der Waals surface area contributed by atoms with Crippen molar-refractivity contribution in [3.05, 3.63) is 41.8 Å². The average molecular weight is 336 g/mol. The van der Waals surface area contributed by atoms with Gasteiger partial charge < -0.3 is 4.90 Å². The van der Waals surface area contributed by atoms with E-state index in [1.165, 1.54) is 9.71 Å². The standard InChI is InChI=1S/C17H16N6S/c1-22-15-11(9-20-22)16(19-10-18-15)23-8-4-6-13(23)17-21-12-5-2-3-7-14(12)24-17/h2-3,5,7,9-10,13H,4,6,8H2,1H3/t13-/m1/s1. The van der Waals surface area contributed by atoms with Crippen LogP contribution in [0.5, 0.6) is 0 Å². The number of hydrogen-bond donors (Lipinski definition) is 0. The highest BCUT2D eigenvalue weighted by Crippen LogP contribution is 2.40. The Hall–Kier alpha value is -2.54. The van der Waals surface area contributed by atoms with Crippen molar-refractivity contribution in [2.24, 2.45) is 7.05 Å². The van der Waals surface area contributed by atoms with Gasteiger partial charge in [0, 0.05) is 13.6 Å². The number of anilines is 1. The average Bonchev–Trinajstić information content (AvgIpc) is 3.32. The second-order valence-corrected chi connectivity index (χ2v) is 7.14. The third kappa shape index (κ3) is 2.01. The number of aromatic nitrogens is 5. The van der Waals surface area contributed by atoms with E-state index in [4.69, 9.17) is 4.98 Å². The maximum atomic E-state index is 4.87. The van der Waals surface area contributed by atoms with Crippen molar-refractivity contribution in [2.45, 2.75) is 18.9 Å². The molecule has 0 saturated carbocycles. The Balaban J connectivity index is 1.61. The molecule has 1 atom stereocenters. The maximum absolute atomic E-state index is 4.87. The molecule has 3 aromatic heterocycles. The molecular weight excluding hydrogens is 320 g/mol. The zero-order valence-corrected chi connectivity index (χ0v) is 14.1. The summed E-state index contributed by atoms with van der Waals surface area (Å²) in [6.07, 6.45) is 5.74. The number of aryl methyl sites for hydroxylation is 1. The summed E-state index contributed by atoms with van der Waals surface area (Å²) in [6, 6.07) is 8.61. The molecule has 0 unspecified atom stereocenters. The number of nitrogens with zero attached hydrogens (tertiary/aromatic N) is 6. The molecule has 6 nitrogen and oxygen atoms in total. The molecule has 4 heterocycles. The normalized spacial score (nSPS) is 18.0. The molecule has 1 aliphatic rings. The van der Waals surface area contributed by atoms with Gasteiger partial charge in [0.25, 0.3) is 0 Å². The van der Waals surface area contributed by atoms with Crippen molar-refractivity contribution in [3.8, 4) is 0 Å². The van der Waals surface area contributed by atoms with E-state index in [0.717, 1.165) is 41.8 Å². The van der Waals surface area contributed by atoms with Gasteiger partial charge in [-0.2, -0.15) is 5.10 Å². The Morgan fingerprint density at radius 3 is 3.04 bits per heavy atom. The van der Waals surface area contributed by atoms with Crippen LogP contribution in [0.3, 0.4) is 0 Å². The van der Waals surface area contributed by atoms with Crippen LogP contribution in [-0.4, -0.2) is 31.3 Å². The summed E-state index contributed by atoms with van der Waals surface area (Å²) in [5, 5.41) is 6.51. The smallest absolute Gasteiger partial charge is 0.163 e. The van der Waals surface area contributed by atoms with E-state index in [1.54, 1.807) is 22.3 Å². The molecule has 4 aromatic rings. The Morgan fingerprint density at radius 2 is 2.12 bits per heavy atom. The lowest BCUT2D eigenvalue weighted by atomic mass is 10.2. The van der Waals surface area contributed by atoms with E-state index in [2.05, 4.69) is 38.2 Å². The molecule has 0 N–H and O–H groups in total. The van der Waals surface area contributed by atoms with Gasteiger partial charge in [0.2, 0.25) is 0 Å². The Kier molecular flexibility index (Phi) is 3.02. The first-order chi connectivity index (χ1) is 11.8. The highest BCUT2D eigenvalue weighted by molar-refractivity contribution is 7.18. The summed E-state index contributed by atoms with van der Waals surface area (Å²) in [7, 11) is 1.91. The van der Waals surface area contributed by atoms with Gasteiger partial charge in [-0.05, 0) is 25.0 Å². The van der Waals surface area contributed by atoms with E-state index in [-0.39, 0.29) is 6.04 Å². The highest BCUT2D eigenvalue weighted by Gasteiger charge is 2.31. The molecule has 7 heteroatoms. The molecule has 5 rings (SSSR count). The molecule has 0 spiro atoms. The Bertz CT molecular complexity index is 1000. The predicted octanol–water partition coefficient (Wildman–Crippen LogP) is 3.31. The van der Waals surface area contributed by atoms with Gasteiger partial charge in [0.1, 0.15) is 17.2 Å². The third-order valence-electron chi connectivity index (χ3n) is 4.63. The molecule has 1 aromatic carbocycles. The van der Waals surface area contributed by atoms with E-state index in [0.29, 0.717) is 0 Å². The van der Waals surface area contributed by atoms with Gasteiger partial charge >= 0.3 is 0 Å². The van der Waals surface area contributed by atoms with Crippen LogP contribution in [0.4, 0.5) is 5.82 Å². The number of rotatable bonds is 2. The van der Waals surface area contributed by atoms with Crippen LogP contribution in [0.25, 0.3) is 21.3 Å². The molecule has 1 fully saturated rings. The van der Waals surface area contributed by atoms with Crippen LogP contribution in [0.2, 0.25) is 0 Å². The van der Waals surface area contributed by atoms with Gasteiger partial charge in [-0.1, -0.05) is 12.1 Å². The fraction of sp³-hybridized carbons (Fsp3) is 0.294. The van der Waals surface area contributed by atoms with Crippen LogP contribution < -0.4 is 4.90 Å². The lowest BCUT2D eigenvalue weighted by Gasteiger charge is -2.24. The van der Waals surface area contributed by atoms with Crippen molar-refractivity contribution in [2.75, 3.05) is 11.4 Å². The molecule has 0 radical (unpaired) electrons. The number of thiazole rings is 1. The number of para-hydroxylation sites is 1. The van der Waals surface area contributed by atoms with Gasteiger partial charge in [-0.15, -0.1) is 11.3 Å². The van der Waals surface area contributed by atoms with E-state index in [9.17, 15) is 0 Å². The van der Waals surface area contributed by atoms with Gasteiger partial charge in [0.15, 0.2) is 5.65 Å². The third-order valence-corrected chi connectivity index (χ3v) is 5.77. The van der Waals surface area contributed by atoms with Crippen LogP contribution in [-0.2, 0) is 7.05 Å². The zero-order chi connectivity index (χ0) is 16.1. The topological polar surface area (TPSA) is 59.7 Å². The van der Waals surface area contributed by atoms with E-state index < -0.39 is 0 Å². The fourth-order valence-electron chi connectivity index (χ4n) is 3.49. The molecule has 1 aliphatic heterocycles. The molecular formula is C17H16N6S. The highest BCUT2D eigenvalue weighted by atomic mass is 32.1. The first-order valence-corrected chi connectivity index (χ1v) is 8.88. The first kappa shape index (κ1) is 13.9. The number of hydrogen-bond acceptors (Lipinski definition) is 6. The Labute approximate surface area is 142 Å². The van der Waals surface area contributed by atoms with Crippen molar-refractivity contribution in [3.63, 3.8) is 0 Å². The molecule has 0 amide bonds. The van der Waals surface area contributed by atoms with Crippen molar-refractivity contribution in [1.29, 1.82) is 0 Å². The van der Waals surface area contributed by atoms with Gasteiger partial charge in [-0.3, -0.25) is 4.68 Å². The molecule has 0 aliphatic carbocycles. The zero-order valence-electron chi connectivity index (χ0n) is 13.3. The minimum Gasteiger partial charge on any atom is -0.346 e. The minimum absolute atomic E-state index is 0.278. The Morgan fingerprint density at radius 1 is 1.21 bits per heavy atom. The van der Waals surface area contributed by atoms with Crippen molar-refractivity contribution < 1.29 is 0 Å². The van der Waals surface area contributed by atoms with Crippen LogP contribution in [0, 0.1) is 0 Å². The van der Waals surface area contributed by atoms with Crippen molar-refractivity contribution in [1.82, 2.24) is 24.7 Å². The lowest BCUT2D eigenvalue weighted by Crippen LogP contribution is -2.23.